The molecule has 1 saturated heterocycles. The summed E-state index contributed by atoms with van der Waals surface area (Å²) in [5, 5.41) is 6.48. The number of hydrogen-bond acceptors (Lipinski definition) is 3. The number of rotatable bonds is 4. The van der Waals surface area contributed by atoms with E-state index in [0.717, 1.165) is 18.8 Å². The van der Waals surface area contributed by atoms with Crippen molar-refractivity contribution >= 4 is 11.6 Å². The number of nitrogens with zero attached hydrogens (tertiary/aromatic N) is 1. The molecule has 1 aliphatic rings. The number of anilines is 1. The molecule has 0 bridgehead atoms. The van der Waals surface area contributed by atoms with E-state index in [1.807, 2.05) is 18.2 Å². The molecule has 0 saturated carbocycles. The molecule has 1 aromatic rings. The third-order valence-corrected chi connectivity index (χ3v) is 3.58. The Bertz CT molecular complexity index is 447. The summed E-state index contributed by atoms with van der Waals surface area (Å²) in [4.78, 5) is 13.4. The first-order valence-electron chi connectivity index (χ1n) is 6.87. The van der Waals surface area contributed by atoms with E-state index in [9.17, 15) is 4.79 Å². The minimum Gasteiger partial charge on any atom is -0.326 e. The lowest BCUT2D eigenvalue weighted by atomic mass is 10.1. The van der Waals surface area contributed by atoms with Crippen molar-refractivity contribution in [3.05, 3.63) is 29.8 Å². The fourth-order valence-electron chi connectivity index (χ4n) is 2.61. The van der Waals surface area contributed by atoms with Gasteiger partial charge < -0.3 is 15.5 Å². The zero-order chi connectivity index (χ0) is 13.8. The number of likely N-dealkylation sites (tertiary alicyclic amines) is 1. The maximum Gasteiger partial charge on any atom is 0.221 e. The average Bonchev–Trinajstić information content (AvgIpc) is 2.74. The monoisotopic (exact) mass is 261 g/mol. The lowest BCUT2D eigenvalue weighted by Crippen LogP contribution is -2.33. The first-order valence-corrected chi connectivity index (χ1v) is 6.87. The minimum atomic E-state index is -0.0322. The van der Waals surface area contributed by atoms with E-state index in [1.54, 1.807) is 0 Å². The number of benzene rings is 1. The van der Waals surface area contributed by atoms with Gasteiger partial charge in [-0.3, -0.25) is 4.79 Å². The number of carbonyl (C=O) groups is 1. The van der Waals surface area contributed by atoms with E-state index < -0.39 is 0 Å². The quantitative estimate of drug-likeness (QED) is 0.871. The number of amides is 1. The molecule has 2 atom stereocenters. The summed E-state index contributed by atoms with van der Waals surface area (Å²) in [5.74, 6) is -0.0322. The third kappa shape index (κ3) is 4.04. The largest absolute Gasteiger partial charge is 0.326 e. The normalized spacial score (nSPS) is 21.3. The van der Waals surface area contributed by atoms with Crippen LogP contribution in [0.1, 0.15) is 31.9 Å². The second-order valence-corrected chi connectivity index (χ2v) is 5.44. The Morgan fingerprint density at radius 1 is 1.47 bits per heavy atom. The van der Waals surface area contributed by atoms with Crippen molar-refractivity contribution < 1.29 is 4.79 Å². The third-order valence-electron chi connectivity index (χ3n) is 3.58. The van der Waals surface area contributed by atoms with Crippen LogP contribution in [0, 0.1) is 0 Å². The maximum absolute atomic E-state index is 11.1. The second-order valence-electron chi connectivity index (χ2n) is 5.44. The molecule has 1 aromatic carbocycles. The van der Waals surface area contributed by atoms with Crippen LogP contribution in [0.2, 0.25) is 0 Å². The fourth-order valence-corrected chi connectivity index (χ4v) is 2.61. The summed E-state index contributed by atoms with van der Waals surface area (Å²) in [6.45, 7) is 5.97. The molecule has 0 radical (unpaired) electrons. The molecule has 19 heavy (non-hydrogen) atoms. The first kappa shape index (κ1) is 14.0. The number of likely N-dealkylation sites (N-methyl/N-ethyl adjacent to an activating group) is 1. The molecule has 4 nitrogen and oxygen atoms in total. The van der Waals surface area contributed by atoms with Gasteiger partial charge in [-0.1, -0.05) is 12.1 Å². The SMILES string of the molecule is CC(=O)Nc1cccc(C(C)NC2CCN(C)C2)c1. The van der Waals surface area contributed by atoms with E-state index in [2.05, 4.69) is 35.6 Å². The van der Waals surface area contributed by atoms with E-state index in [4.69, 9.17) is 0 Å². The van der Waals surface area contributed by atoms with E-state index in [0.29, 0.717) is 12.1 Å². The van der Waals surface area contributed by atoms with Crippen molar-refractivity contribution in [2.24, 2.45) is 0 Å². The van der Waals surface area contributed by atoms with Gasteiger partial charge in [-0.25, -0.2) is 0 Å². The number of nitrogens with one attached hydrogen (secondary N) is 2. The second kappa shape index (κ2) is 6.17. The Morgan fingerprint density at radius 3 is 2.89 bits per heavy atom. The Hall–Kier alpha value is -1.39. The first-order chi connectivity index (χ1) is 9.04. The van der Waals surface area contributed by atoms with Gasteiger partial charge in [0.15, 0.2) is 0 Å². The van der Waals surface area contributed by atoms with Gasteiger partial charge in [-0.15, -0.1) is 0 Å². The molecular weight excluding hydrogens is 238 g/mol. The van der Waals surface area contributed by atoms with Crippen molar-refractivity contribution in [1.82, 2.24) is 10.2 Å². The van der Waals surface area contributed by atoms with Gasteiger partial charge >= 0.3 is 0 Å². The van der Waals surface area contributed by atoms with Crippen molar-refractivity contribution in [3.8, 4) is 0 Å². The van der Waals surface area contributed by atoms with Crippen molar-refractivity contribution in [2.45, 2.75) is 32.4 Å². The molecule has 0 aromatic heterocycles. The molecule has 2 rings (SSSR count). The fraction of sp³-hybridized carbons (Fsp3) is 0.533. The van der Waals surface area contributed by atoms with Gasteiger partial charge in [0.1, 0.15) is 0 Å². The van der Waals surface area contributed by atoms with E-state index in [-0.39, 0.29) is 5.91 Å². The summed E-state index contributed by atoms with van der Waals surface area (Å²) in [5.41, 5.74) is 2.07. The lowest BCUT2D eigenvalue weighted by Gasteiger charge is -2.20. The predicted octanol–water partition coefficient (Wildman–Crippen LogP) is 2.00. The summed E-state index contributed by atoms with van der Waals surface area (Å²) in [6.07, 6.45) is 1.20. The van der Waals surface area contributed by atoms with Crippen molar-refractivity contribution in [3.63, 3.8) is 0 Å². The summed E-state index contributed by atoms with van der Waals surface area (Å²) < 4.78 is 0. The van der Waals surface area contributed by atoms with Crippen molar-refractivity contribution in [1.29, 1.82) is 0 Å². The van der Waals surface area contributed by atoms with Gasteiger partial charge in [0.05, 0.1) is 0 Å². The Labute approximate surface area is 115 Å². The predicted molar refractivity (Wildman–Crippen MR) is 78.2 cm³/mol. The van der Waals surface area contributed by atoms with Crippen LogP contribution in [0.5, 0.6) is 0 Å². The highest BCUT2D eigenvalue weighted by atomic mass is 16.1. The summed E-state index contributed by atoms with van der Waals surface area (Å²) in [7, 11) is 2.16. The highest BCUT2D eigenvalue weighted by Crippen LogP contribution is 2.19. The zero-order valence-corrected chi connectivity index (χ0v) is 11.9. The van der Waals surface area contributed by atoms with Crippen LogP contribution in [-0.2, 0) is 4.79 Å². The number of carbonyl (C=O) groups excluding carboxylic acids is 1. The molecule has 1 aliphatic heterocycles. The van der Waals surface area contributed by atoms with Gasteiger partial charge in [0.25, 0.3) is 0 Å². The molecule has 2 unspecified atom stereocenters. The smallest absolute Gasteiger partial charge is 0.221 e. The van der Waals surface area contributed by atoms with Crippen LogP contribution in [0.4, 0.5) is 5.69 Å². The van der Waals surface area contributed by atoms with Gasteiger partial charge in [0.2, 0.25) is 5.91 Å². The lowest BCUT2D eigenvalue weighted by molar-refractivity contribution is -0.114. The molecule has 0 spiro atoms. The average molecular weight is 261 g/mol. The maximum atomic E-state index is 11.1. The van der Waals surface area contributed by atoms with Gasteiger partial charge in [0, 0.05) is 31.2 Å². The Kier molecular flexibility index (Phi) is 4.56. The standard InChI is InChI=1S/C15H23N3O/c1-11(16-15-7-8-18(3)10-15)13-5-4-6-14(9-13)17-12(2)19/h4-6,9,11,15-16H,7-8,10H2,1-3H3,(H,17,19). The highest BCUT2D eigenvalue weighted by molar-refractivity contribution is 5.88. The van der Waals surface area contributed by atoms with Crippen LogP contribution in [-0.4, -0.2) is 37.0 Å². The molecule has 0 aliphatic carbocycles. The van der Waals surface area contributed by atoms with E-state index >= 15 is 0 Å². The number of hydrogen-bond donors (Lipinski definition) is 2. The van der Waals surface area contributed by atoms with Crippen LogP contribution in [0.25, 0.3) is 0 Å². The molecule has 4 heteroatoms. The Morgan fingerprint density at radius 2 is 2.26 bits per heavy atom. The molecule has 1 heterocycles. The minimum absolute atomic E-state index is 0.0322. The van der Waals surface area contributed by atoms with Crippen LogP contribution in [0.3, 0.4) is 0 Å². The Balaban J connectivity index is 1.98. The van der Waals surface area contributed by atoms with Crippen molar-refractivity contribution in [2.75, 3.05) is 25.5 Å². The van der Waals surface area contributed by atoms with Crippen LogP contribution >= 0.6 is 0 Å². The molecular formula is C15H23N3O. The zero-order valence-electron chi connectivity index (χ0n) is 11.9. The van der Waals surface area contributed by atoms with Crippen LogP contribution in [0.15, 0.2) is 24.3 Å². The van der Waals surface area contributed by atoms with Gasteiger partial charge in [-0.2, -0.15) is 0 Å². The summed E-state index contributed by atoms with van der Waals surface area (Å²) in [6, 6.07) is 8.90. The molecule has 104 valence electrons. The molecule has 1 fully saturated rings. The topological polar surface area (TPSA) is 44.4 Å². The van der Waals surface area contributed by atoms with E-state index in [1.165, 1.54) is 18.9 Å². The van der Waals surface area contributed by atoms with Crippen LogP contribution < -0.4 is 10.6 Å². The molecule has 2 N–H and O–H groups in total. The highest BCUT2D eigenvalue weighted by Gasteiger charge is 2.21. The molecule has 1 amide bonds. The van der Waals surface area contributed by atoms with Gasteiger partial charge in [-0.05, 0) is 44.6 Å². The summed E-state index contributed by atoms with van der Waals surface area (Å²) >= 11 is 0.